The van der Waals surface area contributed by atoms with Crippen LogP contribution in [0.2, 0.25) is 0 Å². The second-order valence-corrected chi connectivity index (χ2v) is 5.87. The van der Waals surface area contributed by atoms with Crippen LogP contribution in [-0.4, -0.2) is 19.0 Å². The molecule has 0 unspecified atom stereocenters. The van der Waals surface area contributed by atoms with E-state index in [-0.39, 0.29) is 11.7 Å². The predicted octanol–water partition coefficient (Wildman–Crippen LogP) is 3.86. The van der Waals surface area contributed by atoms with Gasteiger partial charge in [-0.1, -0.05) is 37.3 Å². The molecule has 0 spiro atoms. The number of aryl methyl sites for hydroxylation is 2. The van der Waals surface area contributed by atoms with Crippen molar-refractivity contribution < 1.29 is 9.18 Å². The van der Waals surface area contributed by atoms with Gasteiger partial charge in [0.25, 0.3) is 0 Å². The second-order valence-electron chi connectivity index (χ2n) is 5.87. The van der Waals surface area contributed by atoms with E-state index in [2.05, 4.69) is 42.7 Å². The number of para-hydroxylation sites is 1. The summed E-state index contributed by atoms with van der Waals surface area (Å²) in [5, 5.41) is 6.28. The van der Waals surface area contributed by atoms with Gasteiger partial charge < -0.3 is 10.6 Å². The minimum atomic E-state index is -0.239. The first-order chi connectivity index (χ1) is 11.6. The number of rotatable bonds is 8. The molecule has 2 N–H and O–H groups in total. The molecule has 0 heterocycles. The van der Waals surface area contributed by atoms with Gasteiger partial charge in [0.05, 0.1) is 0 Å². The first-order valence-corrected chi connectivity index (χ1v) is 8.43. The van der Waals surface area contributed by atoms with Crippen molar-refractivity contribution in [3.63, 3.8) is 0 Å². The molecule has 128 valence electrons. The zero-order valence-corrected chi connectivity index (χ0v) is 14.4. The number of carbonyl (C=O) groups excluding carboxylic acids is 1. The third-order valence-corrected chi connectivity index (χ3v) is 4.04. The highest BCUT2D eigenvalue weighted by atomic mass is 19.1. The summed E-state index contributed by atoms with van der Waals surface area (Å²) in [7, 11) is 0. The van der Waals surface area contributed by atoms with E-state index in [1.165, 1.54) is 23.3 Å². The standard InChI is InChI=1S/C20H25FN2O/c1-3-17-6-4-5-15(2)20(17)23-14-12-19(24)22-13-11-16-7-9-18(21)10-8-16/h4-10,23H,3,11-14H2,1-2H3,(H,22,24). The largest absolute Gasteiger partial charge is 0.384 e. The fourth-order valence-electron chi connectivity index (χ4n) is 2.66. The number of halogens is 1. The summed E-state index contributed by atoms with van der Waals surface area (Å²) in [5.41, 5.74) is 4.62. The van der Waals surface area contributed by atoms with E-state index in [4.69, 9.17) is 0 Å². The summed E-state index contributed by atoms with van der Waals surface area (Å²) < 4.78 is 12.8. The molecule has 24 heavy (non-hydrogen) atoms. The number of nitrogens with one attached hydrogen (secondary N) is 2. The van der Waals surface area contributed by atoms with Crippen molar-refractivity contribution in [1.29, 1.82) is 0 Å². The molecule has 0 saturated carbocycles. The van der Waals surface area contributed by atoms with Crippen molar-refractivity contribution in [1.82, 2.24) is 5.32 Å². The van der Waals surface area contributed by atoms with Crippen LogP contribution in [0.3, 0.4) is 0 Å². The molecule has 2 rings (SSSR count). The van der Waals surface area contributed by atoms with Crippen molar-refractivity contribution in [2.75, 3.05) is 18.4 Å². The van der Waals surface area contributed by atoms with Gasteiger partial charge in [0.15, 0.2) is 0 Å². The molecule has 3 nitrogen and oxygen atoms in total. The Hall–Kier alpha value is -2.36. The number of hydrogen-bond donors (Lipinski definition) is 2. The van der Waals surface area contributed by atoms with E-state index in [9.17, 15) is 9.18 Å². The lowest BCUT2D eigenvalue weighted by atomic mass is 10.1. The third kappa shape index (κ3) is 5.37. The average Bonchev–Trinajstić information content (AvgIpc) is 2.58. The normalized spacial score (nSPS) is 10.5. The number of benzene rings is 2. The van der Waals surface area contributed by atoms with Crippen LogP contribution >= 0.6 is 0 Å². The molecule has 0 atom stereocenters. The highest BCUT2D eigenvalue weighted by Crippen LogP contribution is 2.20. The van der Waals surface area contributed by atoms with Gasteiger partial charge in [0.1, 0.15) is 5.82 Å². The zero-order chi connectivity index (χ0) is 17.4. The Labute approximate surface area is 143 Å². The highest BCUT2D eigenvalue weighted by Gasteiger charge is 2.05. The van der Waals surface area contributed by atoms with Gasteiger partial charge in [-0.3, -0.25) is 4.79 Å². The summed E-state index contributed by atoms with van der Waals surface area (Å²) in [5.74, 6) is -0.215. The summed E-state index contributed by atoms with van der Waals surface area (Å²) in [4.78, 5) is 11.9. The Balaban J connectivity index is 1.71. The van der Waals surface area contributed by atoms with Gasteiger partial charge >= 0.3 is 0 Å². The smallest absolute Gasteiger partial charge is 0.221 e. The molecule has 0 aliphatic heterocycles. The molecule has 2 aromatic rings. The van der Waals surface area contributed by atoms with E-state index in [0.29, 0.717) is 25.9 Å². The van der Waals surface area contributed by atoms with Crippen molar-refractivity contribution >= 4 is 11.6 Å². The molecule has 0 fully saturated rings. The maximum absolute atomic E-state index is 12.8. The molecule has 0 bridgehead atoms. The summed E-state index contributed by atoms with van der Waals surface area (Å²) >= 11 is 0. The summed E-state index contributed by atoms with van der Waals surface area (Å²) in [6, 6.07) is 12.6. The number of amides is 1. The van der Waals surface area contributed by atoms with E-state index in [1.807, 2.05) is 0 Å². The van der Waals surface area contributed by atoms with Crippen LogP contribution in [0.15, 0.2) is 42.5 Å². The molecule has 0 radical (unpaired) electrons. The van der Waals surface area contributed by atoms with Crippen molar-refractivity contribution in [3.05, 3.63) is 65.0 Å². The molecule has 2 aromatic carbocycles. The van der Waals surface area contributed by atoms with Crippen LogP contribution in [0.5, 0.6) is 0 Å². The van der Waals surface area contributed by atoms with E-state index >= 15 is 0 Å². The third-order valence-electron chi connectivity index (χ3n) is 4.04. The first-order valence-electron chi connectivity index (χ1n) is 8.43. The lowest BCUT2D eigenvalue weighted by Crippen LogP contribution is -2.27. The minimum Gasteiger partial charge on any atom is -0.384 e. The quantitative estimate of drug-likeness (QED) is 0.772. The van der Waals surface area contributed by atoms with Gasteiger partial charge in [-0.05, 0) is 48.6 Å². The zero-order valence-electron chi connectivity index (χ0n) is 14.4. The first kappa shape index (κ1) is 18.0. The summed E-state index contributed by atoms with van der Waals surface area (Å²) in [6.07, 6.45) is 2.10. The van der Waals surface area contributed by atoms with Gasteiger partial charge in [-0.25, -0.2) is 4.39 Å². The molecular formula is C20H25FN2O. The molecule has 0 aromatic heterocycles. The minimum absolute atomic E-state index is 0.0243. The Bertz CT molecular complexity index is 668. The van der Waals surface area contributed by atoms with Crippen LogP contribution in [-0.2, 0) is 17.6 Å². The number of hydrogen-bond acceptors (Lipinski definition) is 2. The van der Waals surface area contributed by atoms with E-state index in [1.54, 1.807) is 12.1 Å². The van der Waals surface area contributed by atoms with Crippen LogP contribution < -0.4 is 10.6 Å². The number of carbonyl (C=O) groups is 1. The Morgan fingerprint density at radius 1 is 1.08 bits per heavy atom. The Kier molecular flexibility index (Phi) is 6.79. The van der Waals surface area contributed by atoms with Crippen LogP contribution in [0, 0.1) is 12.7 Å². The van der Waals surface area contributed by atoms with Crippen LogP contribution in [0.4, 0.5) is 10.1 Å². The average molecular weight is 328 g/mol. The van der Waals surface area contributed by atoms with Crippen molar-refractivity contribution in [2.45, 2.75) is 33.1 Å². The van der Waals surface area contributed by atoms with E-state index in [0.717, 1.165) is 17.7 Å². The molecule has 1 amide bonds. The van der Waals surface area contributed by atoms with Gasteiger partial charge in [-0.2, -0.15) is 0 Å². The van der Waals surface area contributed by atoms with Crippen molar-refractivity contribution in [2.24, 2.45) is 0 Å². The van der Waals surface area contributed by atoms with E-state index < -0.39 is 0 Å². The molecular weight excluding hydrogens is 303 g/mol. The van der Waals surface area contributed by atoms with Gasteiger partial charge in [-0.15, -0.1) is 0 Å². The fraction of sp³-hybridized carbons (Fsp3) is 0.350. The monoisotopic (exact) mass is 328 g/mol. The molecule has 0 aliphatic rings. The SMILES string of the molecule is CCc1cccc(C)c1NCCC(=O)NCCc1ccc(F)cc1. The predicted molar refractivity (Wildman–Crippen MR) is 96.8 cm³/mol. The van der Waals surface area contributed by atoms with Crippen LogP contribution in [0.25, 0.3) is 0 Å². The van der Waals surface area contributed by atoms with Crippen LogP contribution in [0.1, 0.15) is 30.0 Å². The Morgan fingerprint density at radius 3 is 2.54 bits per heavy atom. The lowest BCUT2D eigenvalue weighted by molar-refractivity contribution is -0.120. The maximum atomic E-state index is 12.8. The fourth-order valence-corrected chi connectivity index (χ4v) is 2.66. The molecule has 0 aliphatic carbocycles. The van der Waals surface area contributed by atoms with Gasteiger partial charge in [0.2, 0.25) is 5.91 Å². The number of anilines is 1. The summed E-state index contributed by atoms with van der Waals surface area (Å²) in [6.45, 7) is 5.38. The Morgan fingerprint density at radius 2 is 1.83 bits per heavy atom. The van der Waals surface area contributed by atoms with Crippen molar-refractivity contribution in [3.8, 4) is 0 Å². The molecule has 0 saturated heterocycles. The maximum Gasteiger partial charge on any atom is 0.221 e. The topological polar surface area (TPSA) is 41.1 Å². The highest BCUT2D eigenvalue weighted by molar-refractivity contribution is 5.76. The lowest BCUT2D eigenvalue weighted by Gasteiger charge is -2.14. The second kappa shape index (κ2) is 9.06. The molecule has 4 heteroatoms. The van der Waals surface area contributed by atoms with Gasteiger partial charge in [0, 0.05) is 25.2 Å².